The van der Waals surface area contributed by atoms with Crippen molar-refractivity contribution in [3.8, 4) is 11.5 Å². The number of carbonyl (C=O) groups excluding carboxylic acids is 3. The van der Waals surface area contributed by atoms with Gasteiger partial charge in [0.05, 0.1) is 7.11 Å². The van der Waals surface area contributed by atoms with Crippen molar-refractivity contribution in [1.82, 2.24) is 5.32 Å². The van der Waals surface area contributed by atoms with Crippen LogP contribution in [0, 0.1) is 0 Å². The molecule has 0 heterocycles. The van der Waals surface area contributed by atoms with Gasteiger partial charge in [-0.2, -0.15) is 0 Å². The molecule has 10 nitrogen and oxygen atoms in total. The van der Waals surface area contributed by atoms with Gasteiger partial charge < -0.3 is 24.1 Å². The summed E-state index contributed by atoms with van der Waals surface area (Å²) in [6.07, 6.45) is 1.75. The topological polar surface area (TPSA) is 137 Å². The second-order valence-electron chi connectivity index (χ2n) is 8.10. The fourth-order valence-electron chi connectivity index (χ4n) is 3.05. The first kappa shape index (κ1) is 28.9. The summed E-state index contributed by atoms with van der Waals surface area (Å²) < 4.78 is 20.4. The molecule has 0 spiro atoms. The summed E-state index contributed by atoms with van der Waals surface area (Å²) in [5.41, 5.74) is -1.80. The highest BCUT2D eigenvalue weighted by Gasteiger charge is 2.44. The van der Waals surface area contributed by atoms with Crippen LogP contribution in [-0.4, -0.2) is 48.0 Å². The van der Waals surface area contributed by atoms with Gasteiger partial charge in [-0.15, -0.1) is 0 Å². The van der Waals surface area contributed by atoms with Gasteiger partial charge in [-0.25, -0.2) is 9.59 Å². The van der Waals surface area contributed by atoms with Crippen molar-refractivity contribution in [3.05, 3.63) is 23.8 Å². The Morgan fingerprint density at radius 3 is 2.00 bits per heavy atom. The molecule has 0 aromatic heterocycles. The highest BCUT2D eigenvalue weighted by molar-refractivity contribution is 5.81. The number of hydrogen-bond acceptors (Lipinski definition) is 9. The molecule has 10 heteroatoms. The number of ether oxygens (including phenoxy) is 4. The first-order chi connectivity index (χ1) is 16.1. The van der Waals surface area contributed by atoms with E-state index < -0.39 is 29.8 Å². The first-order valence-corrected chi connectivity index (χ1v) is 11.4. The number of aliphatic carboxylic acids is 1. The molecule has 0 aliphatic carbocycles. The van der Waals surface area contributed by atoms with E-state index in [0.29, 0.717) is 18.4 Å². The molecule has 0 fully saturated rings. The van der Waals surface area contributed by atoms with Crippen LogP contribution in [-0.2, 0) is 30.3 Å². The van der Waals surface area contributed by atoms with Crippen LogP contribution < -0.4 is 14.8 Å². The van der Waals surface area contributed by atoms with Crippen LogP contribution in [0.1, 0.15) is 71.8 Å². The first-order valence-electron chi connectivity index (χ1n) is 11.4. The molecule has 1 aromatic rings. The molecule has 1 atom stereocenters. The molecule has 0 saturated carbocycles. The molecule has 1 aromatic carbocycles. The molecule has 34 heavy (non-hydrogen) atoms. The highest BCUT2D eigenvalue weighted by atomic mass is 16.7. The van der Waals surface area contributed by atoms with Gasteiger partial charge in [0, 0.05) is 25.3 Å². The SMILES string of the molecule is CCCCC(=O)Oc1ccc(C[C@](NC(C)C)(OC(=O)OC)C(=O)O)cc1OC(=O)CCCC. The number of benzene rings is 1. The minimum Gasteiger partial charge on any atom is -0.477 e. The normalized spacial score (nSPS) is 12.5. The van der Waals surface area contributed by atoms with Crippen molar-refractivity contribution in [2.24, 2.45) is 0 Å². The van der Waals surface area contributed by atoms with Crippen molar-refractivity contribution in [2.75, 3.05) is 7.11 Å². The maximum atomic E-state index is 12.3. The number of carboxylic acid groups (broad SMARTS) is 1. The van der Waals surface area contributed by atoms with E-state index in [1.165, 1.54) is 18.2 Å². The number of rotatable bonds is 14. The van der Waals surface area contributed by atoms with Crippen molar-refractivity contribution in [2.45, 2.75) is 84.4 Å². The molecule has 0 bridgehead atoms. The number of unbranched alkanes of at least 4 members (excludes halogenated alkanes) is 2. The molecule has 0 saturated heterocycles. The van der Waals surface area contributed by atoms with Gasteiger partial charge in [-0.1, -0.05) is 32.8 Å². The van der Waals surface area contributed by atoms with Gasteiger partial charge >= 0.3 is 24.1 Å². The lowest BCUT2D eigenvalue weighted by Gasteiger charge is -2.31. The van der Waals surface area contributed by atoms with Crippen molar-refractivity contribution in [3.63, 3.8) is 0 Å². The average Bonchev–Trinajstić information content (AvgIpc) is 2.77. The molecule has 2 N–H and O–H groups in total. The van der Waals surface area contributed by atoms with Gasteiger partial charge in [0.15, 0.2) is 11.5 Å². The van der Waals surface area contributed by atoms with Crippen LogP contribution in [0.5, 0.6) is 11.5 Å². The van der Waals surface area contributed by atoms with Gasteiger partial charge in [0.25, 0.3) is 5.72 Å². The Hall–Kier alpha value is -3.14. The standard InChI is InChI=1S/C24H35NO9/c1-6-8-10-20(26)32-18-13-12-17(14-19(18)33-21(27)11-9-7-2)15-24(22(28)29,25-16(3)4)34-23(30)31-5/h12-14,16,25H,6-11,15H2,1-5H3,(H,28,29)/t24-/m0/s1. The number of carbonyl (C=O) groups is 4. The van der Waals surface area contributed by atoms with E-state index >= 15 is 0 Å². The molecular weight excluding hydrogens is 446 g/mol. The Bertz CT molecular complexity index is 853. The van der Waals surface area contributed by atoms with Crippen LogP contribution in [0.25, 0.3) is 0 Å². The quantitative estimate of drug-likeness (QED) is 0.228. The molecular formula is C24H35NO9. The second-order valence-corrected chi connectivity index (χ2v) is 8.10. The minimum absolute atomic E-state index is 0.0228. The lowest BCUT2D eigenvalue weighted by molar-refractivity contribution is -0.166. The van der Waals surface area contributed by atoms with E-state index in [2.05, 4.69) is 10.1 Å². The van der Waals surface area contributed by atoms with Gasteiger partial charge in [0.1, 0.15) is 0 Å². The van der Waals surface area contributed by atoms with E-state index in [-0.39, 0.29) is 36.8 Å². The molecule has 0 radical (unpaired) electrons. The zero-order valence-corrected chi connectivity index (χ0v) is 20.5. The van der Waals surface area contributed by atoms with E-state index in [1.807, 2.05) is 13.8 Å². The molecule has 0 aliphatic heterocycles. The molecule has 190 valence electrons. The third kappa shape index (κ3) is 9.38. The Morgan fingerprint density at radius 2 is 1.53 bits per heavy atom. The summed E-state index contributed by atoms with van der Waals surface area (Å²) in [7, 11) is 1.07. The van der Waals surface area contributed by atoms with Crippen molar-refractivity contribution in [1.29, 1.82) is 0 Å². The largest absolute Gasteiger partial charge is 0.510 e. The minimum atomic E-state index is -2.15. The van der Waals surface area contributed by atoms with Gasteiger partial charge in [-0.05, 0) is 44.4 Å². The number of esters is 2. The smallest absolute Gasteiger partial charge is 0.477 e. The predicted octanol–water partition coefficient (Wildman–Crippen LogP) is 3.98. The number of carboxylic acids is 1. The average molecular weight is 482 g/mol. The zero-order valence-electron chi connectivity index (χ0n) is 20.5. The predicted molar refractivity (Wildman–Crippen MR) is 123 cm³/mol. The van der Waals surface area contributed by atoms with E-state index in [0.717, 1.165) is 20.0 Å². The summed E-state index contributed by atoms with van der Waals surface area (Å²) in [5, 5.41) is 12.6. The zero-order chi connectivity index (χ0) is 25.7. The molecule has 0 amide bonds. The Morgan fingerprint density at radius 1 is 0.971 bits per heavy atom. The molecule has 0 aliphatic rings. The highest BCUT2D eigenvalue weighted by Crippen LogP contribution is 2.31. The fourth-order valence-corrected chi connectivity index (χ4v) is 3.05. The lowest BCUT2D eigenvalue weighted by atomic mass is 10.0. The third-order valence-electron chi connectivity index (χ3n) is 4.67. The summed E-state index contributed by atoms with van der Waals surface area (Å²) in [6.45, 7) is 7.26. The third-order valence-corrected chi connectivity index (χ3v) is 4.67. The van der Waals surface area contributed by atoms with Crippen LogP contribution in [0.2, 0.25) is 0 Å². The maximum Gasteiger partial charge on any atom is 0.510 e. The van der Waals surface area contributed by atoms with Crippen LogP contribution in [0.4, 0.5) is 4.79 Å². The van der Waals surface area contributed by atoms with Crippen LogP contribution >= 0.6 is 0 Å². The van der Waals surface area contributed by atoms with E-state index in [4.69, 9.17) is 14.2 Å². The number of methoxy groups -OCH3 is 1. The maximum absolute atomic E-state index is 12.3. The van der Waals surface area contributed by atoms with Crippen LogP contribution in [0.15, 0.2) is 18.2 Å². The van der Waals surface area contributed by atoms with Crippen LogP contribution in [0.3, 0.4) is 0 Å². The monoisotopic (exact) mass is 481 g/mol. The fraction of sp³-hybridized carbons (Fsp3) is 0.583. The van der Waals surface area contributed by atoms with E-state index in [1.54, 1.807) is 13.8 Å². The lowest BCUT2D eigenvalue weighted by Crippen LogP contribution is -2.59. The second kappa shape index (κ2) is 14.2. The summed E-state index contributed by atoms with van der Waals surface area (Å²) in [4.78, 5) is 48.4. The Kier molecular flexibility index (Phi) is 12.1. The van der Waals surface area contributed by atoms with Crippen molar-refractivity contribution < 1.29 is 43.2 Å². The summed E-state index contributed by atoms with van der Waals surface area (Å²) in [5.74, 6) is -2.41. The van der Waals surface area contributed by atoms with Gasteiger partial charge in [-0.3, -0.25) is 14.9 Å². The summed E-state index contributed by atoms with van der Waals surface area (Å²) in [6, 6.07) is 3.95. The Labute approximate surface area is 199 Å². The van der Waals surface area contributed by atoms with Crippen molar-refractivity contribution >= 4 is 24.1 Å². The Balaban J connectivity index is 3.34. The molecule has 0 unspecified atom stereocenters. The van der Waals surface area contributed by atoms with Gasteiger partial charge in [0.2, 0.25) is 0 Å². The summed E-state index contributed by atoms with van der Waals surface area (Å²) >= 11 is 0. The number of hydrogen-bond donors (Lipinski definition) is 2. The number of nitrogens with one attached hydrogen (secondary N) is 1. The van der Waals surface area contributed by atoms with E-state index in [9.17, 15) is 24.3 Å². The molecule has 1 rings (SSSR count).